The minimum absolute atomic E-state index is 0.0541. The first-order valence-electron chi connectivity index (χ1n) is 8.58. The molecule has 140 valence electrons. The van der Waals surface area contributed by atoms with Crippen molar-refractivity contribution in [3.05, 3.63) is 69.7 Å². The van der Waals surface area contributed by atoms with Crippen molar-refractivity contribution >= 4 is 23.3 Å². The predicted octanol–water partition coefficient (Wildman–Crippen LogP) is 5.02. The Kier molecular flexibility index (Phi) is 5.24. The molecule has 0 fully saturated rings. The minimum Gasteiger partial charge on any atom is -0.459 e. The maximum atomic E-state index is 12.8. The van der Waals surface area contributed by atoms with Gasteiger partial charge in [0.2, 0.25) is 0 Å². The van der Waals surface area contributed by atoms with Gasteiger partial charge >= 0.3 is 0 Å². The van der Waals surface area contributed by atoms with Crippen LogP contribution in [0.15, 0.2) is 40.8 Å². The molecule has 1 N–H and O–H groups in total. The summed E-state index contributed by atoms with van der Waals surface area (Å²) in [5.41, 5.74) is 3.32. The molecule has 0 saturated heterocycles. The molecule has 2 heterocycles. The molecule has 0 aliphatic carbocycles. The van der Waals surface area contributed by atoms with Gasteiger partial charge in [0.1, 0.15) is 17.2 Å². The Morgan fingerprint density at radius 3 is 2.37 bits per heavy atom. The van der Waals surface area contributed by atoms with Crippen LogP contribution < -0.4 is 0 Å². The van der Waals surface area contributed by atoms with Gasteiger partial charge in [-0.15, -0.1) is 0 Å². The van der Waals surface area contributed by atoms with Crippen LogP contribution in [0.5, 0.6) is 0 Å². The van der Waals surface area contributed by atoms with Gasteiger partial charge in [0.25, 0.3) is 5.91 Å². The molecule has 0 aliphatic heterocycles. The number of aromatic amines is 1. The van der Waals surface area contributed by atoms with Crippen LogP contribution in [0.2, 0.25) is 5.02 Å². The number of aryl methyl sites for hydroxylation is 1. The highest BCUT2D eigenvalue weighted by Crippen LogP contribution is 2.25. The van der Waals surface area contributed by atoms with E-state index in [-0.39, 0.29) is 11.7 Å². The Morgan fingerprint density at radius 2 is 1.78 bits per heavy atom. The number of halogens is 1. The summed E-state index contributed by atoms with van der Waals surface area (Å²) in [6, 6.07) is 11.1. The number of H-pyrrole nitrogens is 1. The Hall–Kier alpha value is -2.79. The molecule has 6 heteroatoms. The molecule has 27 heavy (non-hydrogen) atoms. The van der Waals surface area contributed by atoms with E-state index in [1.807, 2.05) is 24.3 Å². The predicted molar refractivity (Wildman–Crippen MR) is 105 cm³/mol. The van der Waals surface area contributed by atoms with Gasteiger partial charge in [-0.2, -0.15) is 0 Å². The average molecular weight is 385 g/mol. The zero-order chi connectivity index (χ0) is 19.7. The lowest BCUT2D eigenvalue weighted by Crippen LogP contribution is -2.27. The number of nitrogens with one attached hydrogen (secondary N) is 1. The molecule has 0 spiro atoms. The lowest BCUT2D eigenvalue weighted by molar-refractivity contribution is 0.0769. The highest BCUT2D eigenvalue weighted by molar-refractivity contribution is 6.30. The van der Waals surface area contributed by atoms with E-state index in [1.165, 1.54) is 6.92 Å². The van der Waals surface area contributed by atoms with Crippen molar-refractivity contribution in [2.24, 2.45) is 0 Å². The van der Waals surface area contributed by atoms with Gasteiger partial charge < -0.3 is 14.3 Å². The second-order valence-electron chi connectivity index (χ2n) is 6.62. The highest BCUT2D eigenvalue weighted by Gasteiger charge is 2.22. The molecule has 5 nitrogen and oxygen atoms in total. The summed E-state index contributed by atoms with van der Waals surface area (Å²) in [7, 11) is 1.70. The van der Waals surface area contributed by atoms with Gasteiger partial charge in [0.15, 0.2) is 5.78 Å². The summed E-state index contributed by atoms with van der Waals surface area (Å²) in [4.78, 5) is 29.2. The van der Waals surface area contributed by atoms with Gasteiger partial charge in [0.05, 0.1) is 6.54 Å². The largest absolute Gasteiger partial charge is 0.459 e. The van der Waals surface area contributed by atoms with E-state index in [9.17, 15) is 9.59 Å². The quantitative estimate of drug-likeness (QED) is 0.628. The smallest absolute Gasteiger partial charge is 0.270 e. The molecule has 0 saturated carbocycles. The van der Waals surface area contributed by atoms with E-state index in [0.29, 0.717) is 45.6 Å². The van der Waals surface area contributed by atoms with Crippen LogP contribution in [0, 0.1) is 13.8 Å². The Labute approximate surface area is 162 Å². The number of amides is 1. The summed E-state index contributed by atoms with van der Waals surface area (Å²) < 4.78 is 5.86. The van der Waals surface area contributed by atoms with Gasteiger partial charge in [-0.05, 0) is 62.7 Å². The first-order chi connectivity index (χ1) is 12.8. The third-order valence-electron chi connectivity index (χ3n) is 4.53. The number of benzene rings is 1. The number of carbonyl (C=O) groups excluding carboxylic acids is 2. The van der Waals surface area contributed by atoms with Gasteiger partial charge in [0, 0.05) is 28.9 Å². The zero-order valence-electron chi connectivity index (χ0n) is 15.7. The number of furan rings is 1. The normalized spacial score (nSPS) is 10.9. The molecular formula is C21H21ClN2O3. The molecule has 0 aliphatic rings. The van der Waals surface area contributed by atoms with Crippen molar-refractivity contribution in [1.82, 2.24) is 9.88 Å². The fourth-order valence-electron chi connectivity index (χ4n) is 3.22. The molecule has 1 amide bonds. The second-order valence-corrected chi connectivity index (χ2v) is 7.05. The van der Waals surface area contributed by atoms with E-state index in [2.05, 4.69) is 4.98 Å². The highest BCUT2D eigenvalue weighted by atomic mass is 35.5. The molecular weight excluding hydrogens is 364 g/mol. The van der Waals surface area contributed by atoms with Gasteiger partial charge in [-0.25, -0.2) is 0 Å². The fourth-order valence-corrected chi connectivity index (χ4v) is 3.35. The third-order valence-corrected chi connectivity index (χ3v) is 4.79. The van der Waals surface area contributed by atoms with Gasteiger partial charge in [-0.1, -0.05) is 11.6 Å². The lowest BCUT2D eigenvalue weighted by atomic mass is 10.1. The standard InChI is InChI=1S/C21H21ClN2O3/c1-12-19(14(3)25)13(2)23-20(12)21(26)24(4)11-17-9-10-18(27-17)15-5-7-16(22)8-6-15/h5-10,23H,11H2,1-4H3. The van der Waals surface area contributed by atoms with Crippen molar-refractivity contribution in [2.45, 2.75) is 27.3 Å². The zero-order valence-corrected chi connectivity index (χ0v) is 16.5. The Morgan fingerprint density at radius 1 is 1.11 bits per heavy atom. The average Bonchev–Trinajstić information content (AvgIpc) is 3.19. The summed E-state index contributed by atoms with van der Waals surface area (Å²) >= 11 is 5.91. The number of aromatic nitrogens is 1. The van der Waals surface area contributed by atoms with Crippen LogP contribution in [0.4, 0.5) is 0 Å². The van der Waals surface area contributed by atoms with E-state index in [1.54, 1.807) is 37.9 Å². The van der Waals surface area contributed by atoms with E-state index < -0.39 is 0 Å². The van der Waals surface area contributed by atoms with Crippen molar-refractivity contribution < 1.29 is 14.0 Å². The number of ketones is 1. The minimum atomic E-state index is -0.187. The topological polar surface area (TPSA) is 66.3 Å². The Balaban J connectivity index is 1.77. The Bertz CT molecular complexity index is 999. The van der Waals surface area contributed by atoms with Crippen LogP contribution in [-0.4, -0.2) is 28.6 Å². The summed E-state index contributed by atoms with van der Waals surface area (Å²) in [5, 5.41) is 0.664. The first-order valence-corrected chi connectivity index (χ1v) is 8.96. The first kappa shape index (κ1) is 19.0. The molecule has 0 unspecified atom stereocenters. The van der Waals surface area contributed by atoms with Crippen LogP contribution in [-0.2, 0) is 6.54 Å². The van der Waals surface area contributed by atoms with Crippen molar-refractivity contribution in [3.8, 4) is 11.3 Å². The number of carbonyl (C=O) groups is 2. The molecule has 3 rings (SSSR count). The number of nitrogens with zero attached hydrogens (tertiary/aromatic N) is 1. The van der Waals surface area contributed by atoms with Crippen LogP contribution >= 0.6 is 11.6 Å². The van der Waals surface area contributed by atoms with E-state index >= 15 is 0 Å². The molecule has 2 aromatic heterocycles. The maximum Gasteiger partial charge on any atom is 0.270 e. The second kappa shape index (κ2) is 7.45. The summed E-state index contributed by atoms with van der Waals surface area (Å²) in [5.74, 6) is 1.14. The van der Waals surface area contributed by atoms with Crippen LogP contribution in [0.1, 0.15) is 44.8 Å². The summed E-state index contributed by atoms with van der Waals surface area (Å²) in [6.45, 7) is 5.40. The number of Topliss-reactive ketones (excluding diaryl/α,β-unsaturated/α-hetero) is 1. The SMILES string of the molecule is CC(=O)c1c(C)[nH]c(C(=O)N(C)Cc2ccc(-c3ccc(Cl)cc3)o2)c1C. The molecule has 3 aromatic rings. The molecule has 0 radical (unpaired) electrons. The number of hydrogen-bond donors (Lipinski definition) is 1. The van der Waals surface area contributed by atoms with Gasteiger partial charge in [-0.3, -0.25) is 9.59 Å². The van der Waals surface area contributed by atoms with Crippen LogP contribution in [0.25, 0.3) is 11.3 Å². The monoisotopic (exact) mass is 384 g/mol. The molecule has 0 atom stereocenters. The number of hydrogen-bond acceptors (Lipinski definition) is 3. The lowest BCUT2D eigenvalue weighted by Gasteiger charge is -2.15. The summed E-state index contributed by atoms with van der Waals surface area (Å²) in [6.07, 6.45) is 0. The third kappa shape index (κ3) is 3.83. The van der Waals surface area contributed by atoms with Crippen molar-refractivity contribution in [2.75, 3.05) is 7.05 Å². The van der Waals surface area contributed by atoms with E-state index in [4.69, 9.17) is 16.0 Å². The van der Waals surface area contributed by atoms with Crippen molar-refractivity contribution in [1.29, 1.82) is 0 Å². The maximum absolute atomic E-state index is 12.8. The van der Waals surface area contributed by atoms with E-state index in [0.717, 1.165) is 5.56 Å². The van der Waals surface area contributed by atoms with Crippen molar-refractivity contribution in [3.63, 3.8) is 0 Å². The number of rotatable bonds is 5. The molecule has 0 bridgehead atoms. The fraction of sp³-hybridized carbons (Fsp3) is 0.238. The molecule has 1 aromatic carbocycles. The van der Waals surface area contributed by atoms with Crippen LogP contribution in [0.3, 0.4) is 0 Å².